The first kappa shape index (κ1) is 21.3. The van der Waals surface area contributed by atoms with Crippen molar-refractivity contribution in [3.05, 3.63) is 23.8 Å². The van der Waals surface area contributed by atoms with Crippen molar-refractivity contribution in [1.29, 1.82) is 0 Å². The van der Waals surface area contributed by atoms with Crippen LogP contribution in [0.3, 0.4) is 0 Å². The molecule has 27 heavy (non-hydrogen) atoms. The summed E-state index contributed by atoms with van der Waals surface area (Å²) in [5.74, 6) is -1.09. The Labute approximate surface area is 155 Å². The molecular formula is C17H25F4N5O. The number of hydrogen-bond acceptors (Lipinski definition) is 4. The molecule has 0 spiro atoms. The third-order valence-electron chi connectivity index (χ3n) is 4.57. The molecule has 6 nitrogen and oxygen atoms in total. The molecule has 3 atom stereocenters. The molecule has 10 heteroatoms. The van der Waals surface area contributed by atoms with Crippen LogP contribution in [-0.2, 0) is 24.1 Å². The van der Waals surface area contributed by atoms with E-state index in [1.807, 2.05) is 6.92 Å². The molecule has 2 heterocycles. The van der Waals surface area contributed by atoms with Crippen molar-refractivity contribution in [2.45, 2.75) is 64.6 Å². The van der Waals surface area contributed by atoms with E-state index in [0.717, 1.165) is 11.0 Å². The van der Waals surface area contributed by atoms with E-state index in [1.54, 1.807) is 6.08 Å². The average molecular weight is 391 g/mol. The molecular weight excluding hydrogens is 366 g/mol. The summed E-state index contributed by atoms with van der Waals surface area (Å²) in [5.41, 5.74) is 6.06. The molecule has 0 saturated carbocycles. The van der Waals surface area contributed by atoms with Crippen molar-refractivity contribution in [1.82, 2.24) is 19.7 Å². The topological polar surface area (TPSA) is 77.0 Å². The van der Waals surface area contributed by atoms with E-state index < -0.39 is 24.2 Å². The zero-order chi connectivity index (χ0) is 20.2. The number of hydrogen-bond donors (Lipinski definition) is 1. The van der Waals surface area contributed by atoms with Crippen LogP contribution in [0.15, 0.2) is 12.2 Å². The Morgan fingerprint density at radius 3 is 2.59 bits per heavy atom. The zero-order valence-corrected chi connectivity index (χ0v) is 15.4. The molecule has 1 aliphatic rings. The summed E-state index contributed by atoms with van der Waals surface area (Å²) < 4.78 is 52.5. The van der Waals surface area contributed by atoms with Gasteiger partial charge in [-0.1, -0.05) is 19.1 Å². The van der Waals surface area contributed by atoms with E-state index in [2.05, 4.69) is 10.2 Å². The Bertz CT molecular complexity index is 671. The molecule has 0 aromatic carbocycles. The Kier molecular flexibility index (Phi) is 6.96. The van der Waals surface area contributed by atoms with Crippen LogP contribution in [0.25, 0.3) is 0 Å². The first-order valence-electron chi connectivity index (χ1n) is 8.96. The van der Waals surface area contributed by atoms with Gasteiger partial charge in [-0.2, -0.15) is 13.2 Å². The molecule has 2 rings (SSSR count). The maximum absolute atomic E-state index is 12.9. The molecule has 1 amide bonds. The SMILES string of the molecule is CCC(C=CC(C)F)CC(N)CC(=O)N1CCn2c(nnc2C(F)(F)F)C1. The van der Waals surface area contributed by atoms with Gasteiger partial charge in [-0.25, -0.2) is 4.39 Å². The van der Waals surface area contributed by atoms with E-state index in [0.29, 0.717) is 6.42 Å². The van der Waals surface area contributed by atoms with Crippen LogP contribution in [0.2, 0.25) is 0 Å². The molecule has 0 bridgehead atoms. The summed E-state index contributed by atoms with van der Waals surface area (Å²) in [7, 11) is 0. The van der Waals surface area contributed by atoms with Gasteiger partial charge in [0.25, 0.3) is 0 Å². The van der Waals surface area contributed by atoms with Crippen molar-refractivity contribution in [2.24, 2.45) is 11.7 Å². The van der Waals surface area contributed by atoms with Crippen LogP contribution < -0.4 is 5.73 Å². The number of allylic oxidation sites excluding steroid dienone is 2. The van der Waals surface area contributed by atoms with Crippen molar-refractivity contribution < 1.29 is 22.4 Å². The van der Waals surface area contributed by atoms with Crippen molar-refractivity contribution in [3.63, 3.8) is 0 Å². The minimum Gasteiger partial charge on any atom is -0.333 e. The van der Waals surface area contributed by atoms with Crippen LogP contribution >= 0.6 is 0 Å². The second-order valence-electron chi connectivity index (χ2n) is 6.84. The van der Waals surface area contributed by atoms with Crippen molar-refractivity contribution >= 4 is 5.91 Å². The number of halogens is 4. The lowest BCUT2D eigenvalue weighted by Gasteiger charge is -2.29. The third-order valence-corrected chi connectivity index (χ3v) is 4.57. The molecule has 1 aliphatic heterocycles. The summed E-state index contributed by atoms with van der Waals surface area (Å²) in [6.45, 7) is 3.52. The predicted molar refractivity (Wildman–Crippen MR) is 91.1 cm³/mol. The standard InChI is InChI=1S/C17H25F4N5O/c1-3-12(5-4-11(2)18)8-13(22)9-15(27)25-6-7-26-14(10-25)23-24-16(26)17(19,20)21/h4-5,11-13H,3,6-10,22H2,1-2H3. The Balaban J connectivity index is 1.92. The fourth-order valence-corrected chi connectivity index (χ4v) is 3.10. The van der Waals surface area contributed by atoms with Crippen LogP contribution in [0, 0.1) is 5.92 Å². The highest BCUT2D eigenvalue weighted by Crippen LogP contribution is 2.29. The molecule has 1 aromatic rings. The number of aromatic nitrogens is 3. The van der Waals surface area contributed by atoms with Crippen LogP contribution in [-0.4, -0.2) is 44.3 Å². The van der Waals surface area contributed by atoms with Gasteiger partial charge in [0.05, 0.1) is 6.54 Å². The van der Waals surface area contributed by atoms with Crippen molar-refractivity contribution in [2.75, 3.05) is 6.54 Å². The number of nitrogens with two attached hydrogens (primary N) is 1. The fraction of sp³-hybridized carbons (Fsp3) is 0.706. The van der Waals surface area contributed by atoms with E-state index in [4.69, 9.17) is 5.73 Å². The predicted octanol–water partition coefficient (Wildman–Crippen LogP) is 2.69. The monoisotopic (exact) mass is 391 g/mol. The fourth-order valence-electron chi connectivity index (χ4n) is 3.10. The molecule has 0 fully saturated rings. The normalized spacial score (nSPS) is 18.4. The van der Waals surface area contributed by atoms with E-state index in [9.17, 15) is 22.4 Å². The second-order valence-corrected chi connectivity index (χ2v) is 6.84. The van der Waals surface area contributed by atoms with E-state index in [1.165, 1.54) is 17.9 Å². The van der Waals surface area contributed by atoms with Gasteiger partial charge >= 0.3 is 6.18 Å². The van der Waals surface area contributed by atoms with Crippen LogP contribution in [0.5, 0.6) is 0 Å². The van der Waals surface area contributed by atoms with Crippen LogP contribution in [0.1, 0.15) is 44.8 Å². The van der Waals surface area contributed by atoms with E-state index >= 15 is 0 Å². The minimum atomic E-state index is -4.57. The quantitative estimate of drug-likeness (QED) is 0.573. The number of carbonyl (C=O) groups excluding carboxylic acids is 1. The van der Waals surface area contributed by atoms with Gasteiger partial charge in [-0.15, -0.1) is 10.2 Å². The Morgan fingerprint density at radius 1 is 1.30 bits per heavy atom. The number of rotatable bonds is 7. The van der Waals surface area contributed by atoms with Gasteiger partial charge in [0.15, 0.2) is 5.82 Å². The summed E-state index contributed by atoms with van der Waals surface area (Å²) in [6, 6.07) is -0.410. The number of fused-ring (bicyclic) bond motifs is 1. The van der Waals surface area contributed by atoms with Gasteiger partial charge in [0.2, 0.25) is 11.7 Å². The molecule has 1 aromatic heterocycles. The molecule has 0 aliphatic carbocycles. The summed E-state index contributed by atoms with van der Waals surface area (Å²) in [6.07, 6.45) is -0.972. The summed E-state index contributed by atoms with van der Waals surface area (Å²) in [4.78, 5) is 13.9. The highest BCUT2D eigenvalue weighted by molar-refractivity contribution is 5.76. The smallest absolute Gasteiger partial charge is 0.333 e. The number of amides is 1. The first-order chi connectivity index (χ1) is 12.6. The maximum atomic E-state index is 12.9. The van der Waals surface area contributed by atoms with Gasteiger partial charge in [-0.3, -0.25) is 4.79 Å². The number of carbonyl (C=O) groups is 1. The van der Waals surface area contributed by atoms with E-state index in [-0.39, 0.29) is 43.7 Å². The molecule has 0 saturated heterocycles. The van der Waals surface area contributed by atoms with Crippen LogP contribution in [0.4, 0.5) is 17.6 Å². The number of nitrogens with zero attached hydrogens (tertiary/aromatic N) is 4. The third kappa shape index (κ3) is 5.75. The molecule has 2 N–H and O–H groups in total. The summed E-state index contributed by atoms with van der Waals surface area (Å²) >= 11 is 0. The van der Waals surface area contributed by atoms with Gasteiger partial charge in [-0.05, 0) is 25.7 Å². The van der Waals surface area contributed by atoms with Gasteiger partial charge in [0, 0.05) is 25.6 Å². The first-order valence-corrected chi connectivity index (χ1v) is 8.96. The lowest BCUT2D eigenvalue weighted by atomic mass is 9.95. The Morgan fingerprint density at radius 2 is 2.00 bits per heavy atom. The zero-order valence-electron chi connectivity index (χ0n) is 15.4. The number of alkyl halides is 4. The van der Waals surface area contributed by atoms with Gasteiger partial charge in [0.1, 0.15) is 6.17 Å². The largest absolute Gasteiger partial charge is 0.451 e. The Hall–Kier alpha value is -1.97. The average Bonchev–Trinajstić information content (AvgIpc) is 3.01. The molecule has 0 radical (unpaired) electrons. The highest BCUT2D eigenvalue weighted by atomic mass is 19.4. The minimum absolute atomic E-state index is 0.00708. The van der Waals surface area contributed by atoms with Gasteiger partial charge < -0.3 is 15.2 Å². The molecule has 3 unspecified atom stereocenters. The van der Waals surface area contributed by atoms with Crippen molar-refractivity contribution in [3.8, 4) is 0 Å². The maximum Gasteiger partial charge on any atom is 0.451 e. The second kappa shape index (κ2) is 8.81. The summed E-state index contributed by atoms with van der Waals surface area (Å²) in [5, 5.41) is 6.76. The molecule has 152 valence electrons. The lowest BCUT2D eigenvalue weighted by Crippen LogP contribution is -2.41. The highest BCUT2D eigenvalue weighted by Gasteiger charge is 2.39. The lowest BCUT2D eigenvalue weighted by molar-refractivity contribution is -0.148.